The molecule has 5 heteroatoms. The molecule has 9 rings (SSSR count). The SMILES string of the molecule is [C-]#[N+]/C(=C(/C#N)c1ccc(-c2ccc(-c3ccc4c(c3)C(CCCCCCCC)(CCCCCCCC)c3cc(-c5ccc(-c6ccc(C)cc6)s5)ccc3-4)s2)cc1)c1ccc(-c2ccc(C)s2)cc1. The normalized spacial score (nSPS) is 12.8. The number of allylic oxidation sites excluding steroid dienone is 1. The van der Waals surface area contributed by atoms with E-state index < -0.39 is 0 Å². The summed E-state index contributed by atoms with van der Waals surface area (Å²) in [7, 11) is 0. The molecular formula is C65H64N2S3. The summed E-state index contributed by atoms with van der Waals surface area (Å²) in [6.07, 6.45) is 17.9. The van der Waals surface area contributed by atoms with Crippen molar-refractivity contribution in [3.63, 3.8) is 0 Å². The predicted octanol–water partition coefficient (Wildman–Crippen LogP) is 20.9. The molecular weight excluding hydrogens is 905 g/mol. The Balaban J connectivity index is 1.03. The first kappa shape index (κ1) is 48.9. The van der Waals surface area contributed by atoms with E-state index in [9.17, 15) is 5.26 Å². The molecule has 3 aromatic heterocycles. The van der Waals surface area contributed by atoms with Gasteiger partial charge in [-0.2, -0.15) is 5.26 Å². The standard InChI is InChI=1S/C65H64N2S3/c1-6-8-10-12-14-16-40-65(41-17-15-13-11-9-7-2)57-42-52(62-38-36-60(69-62)48-21-18-45(3)19-22-48)31-33-54(57)55-34-32-53(43-58(55)65)63-39-37-61(70-63)50-25-23-47(24-26-50)56(44-66)64(67-5)51-29-27-49(28-30-51)59-35-20-46(4)68-59/h18-39,42-43H,6-17,40-41H2,1-4H3/b64-56-. The van der Waals surface area contributed by atoms with Crippen molar-refractivity contribution in [1.29, 1.82) is 5.26 Å². The quantitative estimate of drug-likeness (QED) is 0.0305. The summed E-state index contributed by atoms with van der Waals surface area (Å²) < 4.78 is 0. The molecule has 70 heavy (non-hydrogen) atoms. The van der Waals surface area contributed by atoms with Gasteiger partial charge in [0.05, 0.1) is 18.2 Å². The van der Waals surface area contributed by atoms with Crippen molar-refractivity contribution in [3.05, 3.63) is 190 Å². The Hall–Kier alpha value is -6.08. The van der Waals surface area contributed by atoms with Gasteiger partial charge >= 0.3 is 0 Å². The number of nitrogens with zero attached hydrogens (tertiary/aromatic N) is 2. The Labute approximate surface area is 429 Å². The van der Waals surface area contributed by atoms with Crippen molar-refractivity contribution in [2.75, 3.05) is 0 Å². The fourth-order valence-electron chi connectivity index (χ4n) is 10.6. The van der Waals surface area contributed by atoms with Crippen molar-refractivity contribution in [2.24, 2.45) is 0 Å². The molecule has 352 valence electrons. The molecule has 0 spiro atoms. The second-order valence-corrected chi connectivity index (χ2v) is 22.8. The average Bonchev–Trinajstić information content (AvgIpc) is 4.23. The number of fused-ring (bicyclic) bond motifs is 3. The monoisotopic (exact) mass is 968 g/mol. The molecule has 0 amide bonds. The maximum Gasteiger partial charge on any atom is 0.212 e. The van der Waals surface area contributed by atoms with E-state index in [1.807, 2.05) is 59.1 Å². The highest BCUT2D eigenvalue weighted by molar-refractivity contribution is 7.19. The Kier molecular flexibility index (Phi) is 15.9. The predicted molar refractivity (Wildman–Crippen MR) is 304 cm³/mol. The number of thiophene rings is 3. The number of hydrogen-bond acceptors (Lipinski definition) is 4. The van der Waals surface area contributed by atoms with Crippen LogP contribution in [0.1, 0.15) is 136 Å². The van der Waals surface area contributed by atoms with Gasteiger partial charge in [-0.25, -0.2) is 4.85 Å². The van der Waals surface area contributed by atoms with E-state index in [2.05, 4.69) is 148 Å². The summed E-state index contributed by atoms with van der Waals surface area (Å²) in [4.78, 5) is 11.5. The Bertz CT molecular complexity index is 3140. The largest absolute Gasteiger partial charge is 0.236 e. The molecule has 0 fully saturated rings. The van der Waals surface area contributed by atoms with Crippen LogP contribution in [0.5, 0.6) is 0 Å². The number of rotatable bonds is 21. The lowest BCUT2D eigenvalue weighted by Gasteiger charge is -2.33. The van der Waals surface area contributed by atoms with Crippen LogP contribution in [0, 0.1) is 31.8 Å². The maximum atomic E-state index is 10.4. The lowest BCUT2D eigenvalue weighted by molar-refractivity contribution is 0.398. The highest BCUT2D eigenvalue weighted by Crippen LogP contribution is 2.56. The lowest BCUT2D eigenvalue weighted by atomic mass is 9.70. The minimum atomic E-state index is -0.0411. The van der Waals surface area contributed by atoms with Crippen LogP contribution in [-0.4, -0.2) is 0 Å². The molecule has 2 nitrogen and oxygen atoms in total. The number of unbranched alkanes of at least 4 members (excludes halogenated alkanes) is 10. The first-order chi connectivity index (χ1) is 34.3. The van der Waals surface area contributed by atoms with Crippen molar-refractivity contribution in [2.45, 2.75) is 123 Å². The second kappa shape index (κ2) is 22.8. The molecule has 8 aromatic rings. The molecule has 0 bridgehead atoms. The van der Waals surface area contributed by atoms with Crippen LogP contribution >= 0.6 is 34.0 Å². The van der Waals surface area contributed by atoms with Gasteiger partial charge in [-0.05, 0) is 136 Å². The van der Waals surface area contributed by atoms with Gasteiger partial charge in [-0.15, -0.1) is 34.0 Å². The Morgan fingerprint density at radius 2 is 0.871 bits per heavy atom. The molecule has 3 heterocycles. The zero-order chi connectivity index (χ0) is 48.5. The average molecular weight is 969 g/mol. The zero-order valence-corrected chi connectivity index (χ0v) is 43.8. The van der Waals surface area contributed by atoms with E-state index >= 15 is 0 Å². The molecule has 0 unspecified atom stereocenters. The maximum absolute atomic E-state index is 10.4. The fourth-order valence-corrected chi connectivity index (χ4v) is 13.5. The smallest absolute Gasteiger partial charge is 0.212 e. The van der Waals surface area contributed by atoms with Gasteiger partial charge in [-0.1, -0.05) is 194 Å². The Morgan fingerprint density at radius 3 is 1.31 bits per heavy atom. The van der Waals surface area contributed by atoms with Crippen molar-refractivity contribution in [3.8, 4) is 69.4 Å². The minimum absolute atomic E-state index is 0.0411. The summed E-state index contributed by atoms with van der Waals surface area (Å²) in [5, 5.41) is 10.4. The summed E-state index contributed by atoms with van der Waals surface area (Å²) in [5.41, 5.74) is 15.6. The zero-order valence-electron chi connectivity index (χ0n) is 41.4. The molecule has 1 aliphatic carbocycles. The van der Waals surface area contributed by atoms with Gasteiger partial charge in [0.15, 0.2) is 0 Å². The molecule has 0 N–H and O–H groups in total. The van der Waals surface area contributed by atoms with E-state index in [0.717, 1.165) is 22.3 Å². The molecule has 0 aliphatic heterocycles. The van der Waals surface area contributed by atoms with E-state index in [0.29, 0.717) is 11.3 Å². The third-order valence-corrected chi connectivity index (χ3v) is 17.9. The fraction of sp³-hybridized carbons (Fsp3) is 0.292. The van der Waals surface area contributed by atoms with Crippen LogP contribution in [0.4, 0.5) is 0 Å². The third-order valence-electron chi connectivity index (χ3n) is 14.5. The van der Waals surface area contributed by atoms with Crippen molar-refractivity contribution >= 4 is 45.3 Å². The number of hydrogen-bond donors (Lipinski definition) is 0. The summed E-state index contributed by atoms with van der Waals surface area (Å²) >= 11 is 5.50. The number of benzene rings is 5. The van der Waals surface area contributed by atoms with E-state index in [-0.39, 0.29) is 5.41 Å². The van der Waals surface area contributed by atoms with Crippen LogP contribution in [0.2, 0.25) is 0 Å². The number of nitriles is 1. The van der Waals surface area contributed by atoms with E-state index in [1.165, 1.54) is 164 Å². The van der Waals surface area contributed by atoms with Gasteiger partial charge in [-0.3, -0.25) is 0 Å². The van der Waals surface area contributed by atoms with Gasteiger partial charge in [0.2, 0.25) is 5.70 Å². The molecule has 1 aliphatic rings. The van der Waals surface area contributed by atoms with Gasteiger partial charge in [0, 0.05) is 34.7 Å². The highest BCUT2D eigenvalue weighted by Gasteiger charge is 2.42. The third kappa shape index (κ3) is 10.6. The highest BCUT2D eigenvalue weighted by atomic mass is 32.1. The molecule has 0 saturated heterocycles. The Morgan fingerprint density at radius 1 is 0.471 bits per heavy atom. The second-order valence-electron chi connectivity index (χ2n) is 19.3. The number of aryl methyl sites for hydroxylation is 2. The van der Waals surface area contributed by atoms with Gasteiger partial charge in [0.1, 0.15) is 0 Å². The van der Waals surface area contributed by atoms with Crippen molar-refractivity contribution in [1.82, 2.24) is 0 Å². The topological polar surface area (TPSA) is 28.1 Å². The van der Waals surface area contributed by atoms with Crippen LogP contribution in [0.25, 0.3) is 79.4 Å². The minimum Gasteiger partial charge on any atom is -0.236 e. The first-order valence-corrected chi connectivity index (χ1v) is 28.1. The summed E-state index contributed by atoms with van der Waals surface area (Å²) in [6, 6.07) is 55.8. The lowest BCUT2D eigenvalue weighted by Crippen LogP contribution is -2.25. The van der Waals surface area contributed by atoms with Crippen molar-refractivity contribution < 1.29 is 0 Å². The molecule has 0 saturated carbocycles. The molecule has 0 radical (unpaired) electrons. The van der Waals surface area contributed by atoms with E-state index in [4.69, 9.17) is 6.57 Å². The molecule has 0 atom stereocenters. The first-order valence-electron chi connectivity index (χ1n) is 25.7. The van der Waals surface area contributed by atoms with Crippen LogP contribution in [0.3, 0.4) is 0 Å². The van der Waals surface area contributed by atoms with Crippen LogP contribution in [-0.2, 0) is 5.41 Å². The van der Waals surface area contributed by atoms with Gasteiger partial charge in [0.25, 0.3) is 0 Å². The van der Waals surface area contributed by atoms with Gasteiger partial charge < -0.3 is 0 Å². The van der Waals surface area contributed by atoms with Crippen LogP contribution in [0.15, 0.2) is 146 Å². The van der Waals surface area contributed by atoms with E-state index in [1.54, 1.807) is 11.3 Å². The van der Waals surface area contributed by atoms with Crippen LogP contribution < -0.4 is 0 Å². The summed E-state index contributed by atoms with van der Waals surface area (Å²) in [5.74, 6) is 0. The summed E-state index contributed by atoms with van der Waals surface area (Å²) in [6.45, 7) is 17.0. The molecule has 5 aromatic carbocycles.